The van der Waals surface area contributed by atoms with Crippen molar-refractivity contribution in [3.63, 3.8) is 0 Å². The van der Waals surface area contributed by atoms with E-state index in [1.807, 2.05) is 0 Å². The SMILES string of the molecule is O=Cc1scnc1-n1cc(Cl)cn1. The van der Waals surface area contributed by atoms with E-state index < -0.39 is 0 Å². The predicted molar refractivity (Wildman–Crippen MR) is 49.6 cm³/mol. The first kappa shape index (κ1) is 8.40. The van der Waals surface area contributed by atoms with Crippen LogP contribution in [-0.4, -0.2) is 21.1 Å². The van der Waals surface area contributed by atoms with Gasteiger partial charge in [-0.1, -0.05) is 11.6 Å². The van der Waals surface area contributed by atoms with Gasteiger partial charge >= 0.3 is 0 Å². The molecular formula is C7H4ClN3OS. The second kappa shape index (κ2) is 3.27. The maximum absolute atomic E-state index is 10.6. The van der Waals surface area contributed by atoms with Crippen LogP contribution in [0.3, 0.4) is 0 Å². The van der Waals surface area contributed by atoms with Crippen molar-refractivity contribution >= 4 is 29.2 Å². The standard InChI is InChI=1S/C7H4ClN3OS/c8-5-1-10-11(2-5)7-6(3-12)13-4-9-7/h1-4H. The maximum atomic E-state index is 10.6. The summed E-state index contributed by atoms with van der Waals surface area (Å²) in [5.74, 6) is 0.520. The van der Waals surface area contributed by atoms with Crippen LogP contribution in [0.15, 0.2) is 17.9 Å². The van der Waals surface area contributed by atoms with Crippen molar-refractivity contribution in [2.75, 3.05) is 0 Å². The molecule has 0 atom stereocenters. The largest absolute Gasteiger partial charge is 0.297 e. The first-order valence-corrected chi connectivity index (χ1v) is 4.66. The summed E-state index contributed by atoms with van der Waals surface area (Å²) in [4.78, 5) is 15.1. The van der Waals surface area contributed by atoms with Crippen LogP contribution in [-0.2, 0) is 0 Å². The number of hydrogen-bond donors (Lipinski definition) is 0. The molecule has 2 rings (SSSR count). The van der Waals surface area contributed by atoms with Crippen LogP contribution in [0.2, 0.25) is 5.02 Å². The van der Waals surface area contributed by atoms with E-state index in [9.17, 15) is 4.79 Å². The van der Waals surface area contributed by atoms with Crippen molar-refractivity contribution in [1.29, 1.82) is 0 Å². The third kappa shape index (κ3) is 1.48. The van der Waals surface area contributed by atoms with Crippen molar-refractivity contribution in [2.45, 2.75) is 0 Å². The highest BCUT2D eigenvalue weighted by atomic mass is 35.5. The number of thiazole rings is 1. The van der Waals surface area contributed by atoms with Crippen molar-refractivity contribution in [1.82, 2.24) is 14.8 Å². The fraction of sp³-hybridized carbons (Fsp3) is 0. The topological polar surface area (TPSA) is 47.8 Å². The van der Waals surface area contributed by atoms with Gasteiger partial charge in [0.1, 0.15) is 4.88 Å². The number of halogens is 1. The molecule has 0 N–H and O–H groups in total. The molecule has 66 valence electrons. The highest BCUT2D eigenvalue weighted by Gasteiger charge is 2.07. The summed E-state index contributed by atoms with van der Waals surface area (Å²) in [7, 11) is 0. The third-order valence-electron chi connectivity index (χ3n) is 1.45. The zero-order valence-electron chi connectivity index (χ0n) is 6.35. The highest BCUT2D eigenvalue weighted by molar-refractivity contribution is 7.11. The summed E-state index contributed by atoms with van der Waals surface area (Å²) in [6.45, 7) is 0. The molecular weight excluding hydrogens is 210 g/mol. The molecule has 4 nitrogen and oxygen atoms in total. The molecule has 0 saturated carbocycles. The molecule has 0 aliphatic carbocycles. The Hall–Kier alpha value is -1.20. The van der Waals surface area contributed by atoms with Crippen molar-refractivity contribution < 1.29 is 4.79 Å². The summed E-state index contributed by atoms with van der Waals surface area (Å²) in [5, 5.41) is 4.46. The Morgan fingerprint density at radius 3 is 3.08 bits per heavy atom. The van der Waals surface area contributed by atoms with Gasteiger partial charge in [-0.25, -0.2) is 9.67 Å². The second-order valence-electron chi connectivity index (χ2n) is 2.26. The molecule has 0 saturated heterocycles. The number of aromatic nitrogens is 3. The second-order valence-corrected chi connectivity index (χ2v) is 3.58. The average Bonchev–Trinajstić information content (AvgIpc) is 2.71. The molecule has 0 spiro atoms. The van der Waals surface area contributed by atoms with Crippen LogP contribution < -0.4 is 0 Å². The first-order valence-electron chi connectivity index (χ1n) is 3.40. The molecule has 0 amide bonds. The molecule has 0 aliphatic heterocycles. The van der Waals surface area contributed by atoms with E-state index in [1.54, 1.807) is 11.7 Å². The molecule has 2 heterocycles. The molecule has 0 radical (unpaired) electrons. The van der Waals surface area contributed by atoms with E-state index in [-0.39, 0.29) is 0 Å². The highest BCUT2D eigenvalue weighted by Crippen LogP contribution is 2.16. The number of aldehydes is 1. The van der Waals surface area contributed by atoms with E-state index in [1.165, 1.54) is 22.2 Å². The van der Waals surface area contributed by atoms with Gasteiger partial charge in [-0.15, -0.1) is 11.3 Å². The van der Waals surface area contributed by atoms with Crippen molar-refractivity contribution in [2.24, 2.45) is 0 Å². The molecule has 13 heavy (non-hydrogen) atoms. The van der Waals surface area contributed by atoms with Gasteiger partial charge in [0.25, 0.3) is 0 Å². The van der Waals surface area contributed by atoms with Crippen molar-refractivity contribution in [3.05, 3.63) is 27.8 Å². The molecule has 0 unspecified atom stereocenters. The number of rotatable bonds is 2. The fourth-order valence-corrected chi connectivity index (χ4v) is 1.63. The van der Waals surface area contributed by atoms with Gasteiger partial charge in [0, 0.05) is 0 Å². The van der Waals surface area contributed by atoms with Gasteiger partial charge in [-0.05, 0) is 0 Å². The normalized spacial score (nSPS) is 10.2. The molecule has 0 aromatic carbocycles. The fourth-order valence-electron chi connectivity index (χ4n) is 0.919. The Balaban J connectivity index is 2.51. The smallest absolute Gasteiger partial charge is 0.174 e. The van der Waals surface area contributed by atoms with Gasteiger partial charge in [0.15, 0.2) is 12.1 Å². The van der Waals surface area contributed by atoms with Crippen LogP contribution in [0.25, 0.3) is 5.82 Å². The van der Waals surface area contributed by atoms with Gasteiger partial charge in [0.05, 0.1) is 22.9 Å². The van der Waals surface area contributed by atoms with Crippen LogP contribution in [0.1, 0.15) is 9.67 Å². The summed E-state index contributed by atoms with van der Waals surface area (Å²) in [6.07, 6.45) is 3.85. The zero-order chi connectivity index (χ0) is 9.26. The lowest BCUT2D eigenvalue weighted by molar-refractivity contribution is 0.112. The van der Waals surface area contributed by atoms with Crippen LogP contribution in [0.5, 0.6) is 0 Å². The molecule has 0 bridgehead atoms. The van der Waals surface area contributed by atoms with Crippen LogP contribution in [0.4, 0.5) is 0 Å². The van der Waals surface area contributed by atoms with E-state index >= 15 is 0 Å². The lowest BCUT2D eigenvalue weighted by atomic mass is 10.5. The van der Waals surface area contributed by atoms with E-state index in [0.29, 0.717) is 15.7 Å². The predicted octanol–water partition coefficient (Wildman–Crippen LogP) is 1.79. The number of nitrogens with zero attached hydrogens (tertiary/aromatic N) is 3. The van der Waals surface area contributed by atoms with Crippen molar-refractivity contribution in [3.8, 4) is 5.82 Å². The van der Waals surface area contributed by atoms with Gasteiger partial charge < -0.3 is 0 Å². The minimum Gasteiger partial charge on any atom is -0.297 e. The van der Waals surface area contributed by atoms with Gasteiger partial charge in [-0.3, -0.25) is 4.79 Å². The minimum absolute atomic E-state index is 0.518. The zero-order valence-corrected chi connectivity index (χ0v) is 7.92. The number of hydrogen-bond acceptors (Lipinski definition) is 4. The lowest BCUT2D eigenvalue weighted by Crippen LogP contribution is -1.97. The molecule has 6 heteroatoms. The number of carbonyl (C=O) groups excluding carboxylic acids is 1. The molecule has 2 aromatic heterocycles. The Labute approximate surface area is 82.8 Å². The van der Waals surface area contributed by atoms with Gasteiger partial charge in [0.2, 0.25) is 0 Å². The Bertz CT molecular complexity index is 436. The summed E-state index contributed by atoms with van der Waals surface area (Å²) in [6, 6.07) is 0. The summed E-state index contributed by atoms with van der Waals surface area (Å²) in [5.41, 5.74) is 1.59. The summed E-state index contributed by atoms with van der Waals surface area (Å²) >= 11 is 6.95. The van der Waals surface area contributed by atoms with Crippen LogP contribution >= 0.6 is 22.9 Å². The maximum Gasteiger partial charge on any atom is 0.174 e. The van der Waals surface area contributed by atoms with Gasteiger partial charge in [-0.2, -0.15) is 5.10 Å². The third-order valence-corrected chi connectivity index (χ3v) is 2.39. The Morgan fingerprint density at radius 1 is 1.62 bits per heavy atom. The van der Waals surface area contributed by atoms with Crippen LogP contribution in [0, 0.1) is 0 Å². The molecule has 0 aliphatic rings. The monoisotopic (exact) mass is 213 g/mol. The first-order chi connectivity index (χ1) is 6.31. The minimum atomic E-state index is 0.518. The van der Waals surface area contributed by atoms with E-state index in [2.05, 4.69) is 10.1 Å². The van der Waals surface area contributed by atoms with E-state index in [0.717, 1.165) is 6.29 Å². The average molecular weight is 214 g/mol. The number of carbonyl (C=O) groups is 1. The summed E-state index contributed by atoms with van der Waals surface area (Å²) < 4.78 is 1.47. The lowest BCUT2D eigenvalue weighted by Gasteiger charge is -1.94. The van der Waals surface area contributed by atoms with E-state index in [4.69, 9.17) is 11.6 Å². The quantitative estimate of drug-likeness (QED) is 0.715. The Morgan fingerprint density at radius 2 is 2.46 bits per heavy atom. The molecule has 0 fully saturated rings. The Kier molecular flexibility index (Phi) is 2.12. The molecule has 2 aromatic rings.